The fourth-order valence-corrected chi connectivity index (χ4v) is 5.46. The van der Waals surface area contributed by atoms with Gasteiger partial charge in [-0.3, -0.25) is 4.90 Å². The molecular formula is C18H37N3O3S. The summed E-state index contributed by atoms with van der Waals surface area (Å²) in [5.74, 6) is 0.463. The highest BCUT2D eigenvalue weighted by Gasteiger charge is 2.32. The topological polar surface area (TPSA) is 53.1 Å². The number of piperidine rings is 1. The lowest BCUT2D eigenvalue weighted by atomic mass is 10.0. The predicted molar refractivity (Wildman–Crippen MR) is 102 cm³/mol. The quantitative estimate of drug-likeness (QED) is 0.549. The van der Waals surface area contributed by atoms with Gasteiger partial charge in [0.05, 0.1) is 13.2 Å². The van der Waals surface area contributed by atoms with Gasteiger partial charge in [-0.05, 0) is 25.2 Å². The van der Waals surface area contributed by atoms with E-state index >= 15 is 0 Å². The second kappa shape index (κ2) is 10.8. The number of nitrogens with zero attached hydrogens (tertiary/aromatic N) is 3. The fourth-order valence-electron chi connectivity index (χ4n) is 3.65. The summed E-state index contributed by atoms with van der Waals surface area (Å²) in [5.41, 5.74) is 0. The van der Waals surface area contributed by atoms with Crippen LogP contribution in [-0.4, -0.2) is 81.0 Å². The van der Waals surface area contributed by atoms with Crippen molar-refractivity contribution in [3.63, 3.8) is 0 Å². The maximum absolute atomic E-state index is 13.2. The molecular weight excluding hydrogens is 338 g/mol. The minimum atomic E-state index is -3.34. The SMILES string of the molecule is CCCCCCN(CCN1CCOCC1)S(=O)(=O)N1CCCC(C)C1. The molecule has 0 bridgehead atoms. The Morgan fingerprint density at radius 1 is 1.08 bits per heavy atom. The van der Waals surface area contributed by atoms with E-state index in [2.05, 4.69) is 18.7 Å². The van der Waals surface area contributed by atoms with Gasteiger partial charge in [-0.25, -0.2) is 0 Å². The maximum atomic E-state index is 13.2. The van der Waals surface area contributed by atoms with Crippen LogP contribution >= 0.6 is 0 Å². The third kappa shape index (κ3) is 6.79. The summed E-state index contributed by atoms with van der Waals surface area (Å²) in [4.78, 5) is 2.32. The van der Waals surface area contributed by atoms with Crippen LogP contribution in [0.4, 0.5) is 0 Å². The van der Waals surface area contributed by atoms with Crippen LogP contribution in [0.2, 0.25) is 0 Å². The first-order valence-corrected chi connectivity index (χ1v) is 11.5. The number of morpholine rings is 1. The molecule has 6 nitrogen and oxygen atoms in total. The molecule has 0 amide bonds. The maximum Gasteiger partial charge on any atom is 0.282 e. The van der Waals surface area contributed by atoms with E-state index in [-0.39, 0.29) is 0 Å². The monoisotopic (exact) mass is 375 g/mol. The lowest BCUT2D eigenvalue weighted by Crippen LogP contribution is -2.50. The van der Waals surface area contributed by atoms with Gasteiger partial charge in [0, 0.05) is 45.8 Å². The molecule has 0 aliphatic carbocycles. The summed E-state index contributed by atoms with van der Waals surface area (Å²) < 4.78 is 35.2. The summed E-state index contributed by atoms with van der Waals surface area (Å²) >= 11 is 0. The Kier molecular flexibility index (Phi) is 9.13. The van der Waals surface area contributed by atoms with Crippen LogP contribution in [0.1, 0.15) is 52.4 Å². The molecule has 0 spiro atoms. The van der Waals surface area contributed by atoms with Crippen molar-refractivity contribution in [1.82, 2.24) is 13.5 Å². The van der Waals surface area contributed by atoms with Gasteiger partial charge >= 0.3 is 0 Å². The summed E-state index contributed by atoms with van der Waals surface area (Å²) in [6.07, 6.45) is 6.53. The van der Waals surface area contributed by atoms with Crippen LogP contribution in [0.5, 0.6) is 0 Å². The standard InChI is InChI=1S/C18H37N3O3S/c1-3-4-5-6-9-20(12-11-19-13-15-24-16-14-19)25(22,23)21-10-7-8-18(2)17-21/h18H,3-17H2,1-2H3. The average Bonchev–Trinajstić information content (AvgIpc) is 2.61. The molecule has 2 heterocycles. The minimum Gasteiger partial charge on any atom is -0.379 e. The van der Waals surface area contributed by atoms with E-state index in [1.54, 1.807) is 8.61 Å². The van der Waals surface area contributed by atoms with Crippen molar-refractivity contribution >= 4 is 10.2 Å². The number of hydrogen-bond donors (Lipinski definition) is 0. The van der Waals surface area contributed by atoms with E-state index < -0.39 is 10.2 Å². The number of rotatable bonds is 10. The summed E-state index contributed by atoms with van der Waals surface area (Å²) in [7, 11) is -3.34. The molecule has 2 aliphatic heterocycles. The molecule has 2 aliphatic rings. The Morgan fingerprint density at radius 2 is 1.84 bits per heavy atom. The van der Waals surface area contributed by atoms with Gasteiger partial charge in [-0.1, -0.05) is 33.1 Å². The van der Waals surface area contributed by atoms with Gasteiger partial charge < -0.3 is 4.74 Å². The summed E-state index contributed by atoms with van der Waals surface area (Å²) in [6, 6.07) is 0. The Hall–Kier alpha value is -0.210. The molecule has 0 N–H and O–H groups in total. The van der Waals surface area contributed by atoms with E-state index in [1.165, 1.54) is 12.8 Å². The Balaban J connectivity index is 1.95. The summed E-state index contributed by atoms with van der Waals surface area (Å²) in [6.45, 7) is 11.1. The molecule has 0 radical (unpaired) electrons. The van der Waals surface area contributed by atoms with E-state index in [4.69, 9.17) is 4.74 Å². The Morgan fingerprint density at radius 3 is 2.52 bits per heavy atom. The molecule has 1 atom stereocenters. The fraction of sp³-hybridized carbons (Fsp3) is 1.00. The van der Waals surface area contributed by atoms with Gasteiger partial charge in [0.25, 0.3) is 10.2 Å². The van der Waals surface area contributed by atoms with E-state index in [0.717, 1.165) is 58.5 Å². The van der Waals surface area contributed by atoms with Crippen LogP contribution < -0.4 is 0 Å². The van der Waals surface area contributed by atoms with Crippen molar-refractivity contribution in [2.24, 2.45) is 5.92 Å². The van der Waals surface area contributed by atoms with Crippen LogP contribution in [0.25, 0.3) is 0 Å². The molecule has 7 heteroatoms. The zero-order chi connectivity index (χ0) is 18.1. The molecule has 1 unspecified atom stereocenters. The summed E-state index contributed by atoms with van der Waals surface area (Å²) in [5, 5.41) is 0. The Labute approximate surface area is 154 Å². The number of ether oxygens (including phenoxy) is 1. The zero-order valence-electron chi connectivity index (χ0n) is 16.2. The highest BCUT2D eigenvalue weighted by Crippen LogP contribution is 2.21. The molecule has 2 fully saturated rings. The van der Waals surface area contributed by atoms with Gasteiger partial charge in [0.15, 0.2) is 0 Å². The zero-order valence-corrected chi connectivity index (χ0v) is 17.0. The molecule has 0 saturated carbocycles. The minimum absolute atomic E-state index is 0.463. The van der Waals surface area contributed by atoms with E-state index in [9.17, 15) is 8.42 Å². The number of unbranched alkanes of at least 4 members (excludes halogenated alkanes) is 3. The van der Waals surface area contributed by atoms with E-state index in [1.807, 2.05) is 0 Å². The van der Waals surface area contributed by atoms with Crippen molar-refractivity contribution in [1.29, 1.82) is 0 Å². The van der Waals surface area contributed by atoms with Gasteiger partial charge in [0.1, 0.15) is 0 Å². The molecule has 2 rings (SSSR count). The van der Waals surface area contributed by atoms with Crippen molar-refractivity contribution in [3.05, 3.63) is 0 Å². The van der Waals surface area contributed by atoms with Crippen LogP contribution in [0, 0.1) is 5.92 Å². The first-order valence-electron chi connectivity index (χ1n) is 10.1. The van der Waals surface area contributed by atoms with Crippen LogP contribution in [0.3, 0.4) is 0 Å². The lowest BCUT2D eigenvalue weighted by molar-refractivity contribution is 0.0360. The molecule has 2 saturated heterocycles. The van der Waals surface area contributed by atoms with Gasteiger partial charge in [-0.15, -0.1) is 0 Å². The normalized spacial score (nSPS) is 24.0. The highest BCUT2D eigenvalue weighted by molar-refractivity contribution is 7.86. The molecule has 148 valence electrons. The largest absolute Gasteiger partial charge is 0.379 e. The molecule has 0 aromatic rings. The third-order valence-electron chi connectivity index (χ3n) is 5.30. The molecule has 0 aromatic heterocycles. The third-order valence-corrected chi connectivity index (χ3v) is 7.30. The first-order chi connectivity index (χ1) is 12.0. The average molecular weight is 376 g/mol. The van der Waals surface area contributed by atoms with E-state index in [0.29, 0.717) is 32.1 Å². The molecule has 0 aromatic carbocycles. The Bertz CT molecular complexity index is 466. The second-order valence-corrected chi connectivity index (χ2v) is 9.46. The van der Waals surface area contributed by atoms with Crippen molar-refractivity contribution in [2.75, 3.05) is 59.0 Å². The van der Waals surface area contributed by atoms with Crippen molar-refractivity contribution in [2.45, 2.75) is 52.4 Å². The second-order valence-electron chi connectivity index (χ2n) is 7.53. The lowest BCUT2D eigenvalue weighted by Gasteiger charge is -2.36. The van der Waals surface area contributed by atoms with Gasteiger partial charge in [-0.2, -0.15) is 17.0 Å². The van der Waals surface area contributed by atoms with Crippen molar-refractivity contribution < 1.29 is 13.2 Å². The van der Waals surface area contributed by atoms with Crippen molar-refractivity contribution in [3.8, 4) is 0 Å². The van der Waals surface area contributed by atoms with Gasteiger partial charge in [0.2, 0.25) is 0 Å². The smallest absolute Gasteiger partial charge is 0.282 e. The van der Waals surface area contributed by atoms with Crippen LogP contribution in [-0.2, 0) is 14.9 Å². The number of hydrogen-bond acceptors (Lipinski definition) is 4. The molecule has 25 heavy (non-hydrogen) atoms. The first kappa shape index (κ1) is 21.1. The predicted octanol–water partition coefficient (Wildman–Crippen LogP) is 2.18. The van der Waals surface area contributed by atoms with Crippen LogP contribution in [0.15, 0.2) is 0 Å². The highest BCUT2D eigenvalue weighted by atomic mass is 32.2.